The molecule has 4 heteroatoms. The Hall–Kier alpha value is -0.870. The lowest BCUT2D eigenvalue weighted by molar-refractivity contribution is 0.459. The average molecular weight is 283 g/mol. The summed E-state index contributed by atoms with van der Waals surface area (Å²) in [5.41, 5.74) is 1.18. The fourth-order valence-corrected chi connectivity index (χ4v) is 3.02. The molecule has 0 fully saturated rings. The molecule has 3 nitrogen and oxygen atoms in total. The first-order chi connectivity index (χ1) is 8.69. The van der Waals surface area contributed by atoms with Gasteiger partial charge in [0.1, 0.15) is 0 Å². The van der Waals surface area contributed by atoms with Crippen LogP contribution in [0.15, 0.2) is 29.2 Å². The molecule has 1 aromatic carbocycles. The van der Waals surface area contributed by atoms with E-state index in [1.54, 1.807) is 19.2 Å². The van der Waals surface area contributed by atoms with Gasteiger partial charge < -0.3 is 0 Å². The minimum absolute atomic E-state index is 0.0381. The van der Waals surface area contributed by atoms with Gasteiger partial charge in [-0.15, -0.1) is 0 Å². The van der Waals surface area contributed by atoms with Gasteiger partial charge in [0.25, 0.3) is 0 Å². The predicted molar refractivity (Wildman–Crippen MR) is 79.9 cm³/mol. The molecule has 1 rings (SSSR count). The quantitative estimate of drug-likeness (QED) is 0.830. The zero-order valence-electron chi connectivity index (χ0n) is 12.6. The van der Waals surface area contributed by atoms with Crippen molar-refractivity contribution in [3.8, 4) is 0 Å². The SMILES string of the molecule is CCCCN(C)S(=O)(=O)c1ccc(C(C)(C)C)cc1. The molecule has 108 valence electrons. The molecule has 0 aliphatic rings. The van der Waals surface area contributed by atoms with Gasteiger partial charge in [0.15, 0.2) is 0 Å². The second kappa shape index (κ2) is 6.06. The molecule has 0 saturated heterocycles. The van der Waals surface area contributed by atoms with Crippen molar-refractivity contribution in [1.82, 2.24) is 4.31 Å². The van der Waals surface area contributed by atoms with E-state index < -0.39 is 10.0 Å². The summed E-state index contributed by atoms with van der Waals surface area (Å²) in [5, 5.41) is 0. The van der Waals surface area contributed by atoms with E-state index in [1.165, 1.54) is 4.31 Å². The molecule has 0 N–H and O–H groups in total. The van der Waals surface area contributed by atoms with Crippen LogP contribution in [0.4, 0.5) is 0 Å². The van der Waals surface area contributed by atoms with Crippen LogP contribution in [0.1, 0.15) is 46.1 Å². The average Bonchev–Trinajstić information content (AvgIpc) is 2.35. The van der Waals surface area contributed by atoms with Gasteiger partial charge in [0.2, 0.25) is 10.0 Å². The number of benzene rings is 1. The molecule has 0 spiro atoms. The molecule has 0 unspecified atom stereocenters. The third-order valence-corrected chi connectivity index (χ3v) is 5.13. The first-order valence-electron chi connectivity index (χ1n) is 6.76. The van der Waals surface area contributed by atoms with Gasteiger partial charge >= 0.3 is 0 Å². The highest BCUT2D eigenvalue weighted by molar-refractivity contribution is 7.89. The highest BCUT2D eigenvalue weighted by atomic mass is 32.2. The van der Waals surface area contributed by atoms with Crippen molar-refractivity contribution < 1.29 is 8.42 Å². The molecule has 19 heavy (non-hydrogen) atoms. The monoisotopic (exact) mass is 283 g/mol. The Morgan fingerprint density at radius 3 is 2.05 bits per heavy atom. The Labute approximate surface area is 117 Å². The van der Waals surface area contributed by atoms with Gasteiger partial charge in [-0.2, -0.15) is 0 Å². The molecule has 0 radical (unpaired) electrons. The Kier molecular flexibility index (Phi) is 5.16. The number of unbranched alkanes of at least 4 members (excludes halogenated alkanes) is 1. The Morgan fingerprint density at radius 1 is 1.11 bits per heavy atom. The molecule has 0 bridgehead atoms. The summed E-state index contributed by atoms with van der Waals surface area (Å²) >= 11 is 0. The van der Waals surface area contributed by atoms with Gasteiger partial charge in [-0.1, -0.05) is 46.2 Å². The number of rotatable bonds is 5. The zero-order valence-corrected chi connectivity index (χ0v) is 13.4. The van der Waals surface area contributed by atoms with Crippen LogP contribution in [0.25, 0.3) is 0 Å². The lowest BCUT2D eigenvalue weighted by Gasteiger charge is -2.20. The molecule has 0 aromatic heterocycles. The summed E-state index contributed by atoms with van der Waals surface area (Å²) in [6.07, 6.45) is 1.87. The molecular weight excluding hydrogens is 258 g/mol. The van der Waals surface area contributed by atoms with Crippen molar-refractivity contribution in [3.63, 3.8) is 0 Å². The van der Waals surface area contributed by atoms with Crippen LogP contribution >= 0.6 is 0 Å². The van der Waals surface area contributed by atoms with Crippen LogP contribution in [0.2, 0.25) is 0 Å². The van der Waals surface area contributed by atoms with E-state index in [9.17, 15) is 8.42 Å². The first kappa shape index (κ1) is 16.2. The first-order valence-corrected chi connectivity index (χ1v) is 8.20. The maximum absolute atomic E-state index is 12.3. The van der Waals surface area contributed by atoms with Crippen molar-refractivity contribution in [3.05, 3.63) is 29.8 Å². The number of sulfonamides is 1. The second-order valence-corrected chi connectivity index (χ2v) is 8.00. The minimum atomic E-state index is -3.34. The van der Waals surface area contributed by atoms with Crippen molar-refractivity contribution in [2.45, 2.75) is 50.8 Å². The summed E-state index contributed by atoms with van der Waals surface area (Å²) < 4.78 is 26.1. The van der Waals surface area contributed by atoms with Crippen molar-refractivity contribution in [2.24, 2.45) is 0 Å². The Morgan fingerprint density at radius 2 is 1.63 bits per heavy atom. The summed E-state index contributed by atoms with van der Waals surface area (Å²) in [7, 11) is -1.70. The number of hydrogen-bond acceptors (Lipinski definition) is 2. The smallest absolute Gasteiger partial charge is 0.207 e. The van der Waals surface area contributed by atoms with Crippen LogP contribution < -0.4 is 0 Å². The maximum atomic E-state index is 12.3. The van der Waals surface area contributed by atoms with Gasteiger partial charge in [-0.25, -0.2) is 12.7 Å². The van der Waals surface area contributed by atoms with Gasteiger partial charge in [-0.05, 0) is 29.5 Å². The lowest BCUT2D eigenvalue weighted by Crippen LogP contribution is -2.28. The lowest BCUT2D eigenvalue weighted by atomic mass is 9.87. The molecule has 1 aromatic rings. The summed E-state index contributed by atoms with van der Waals surface area (Å²) in [5.74, 6) is 0. The highest BCUT2D eigenvalue weighted by Crippen LogP contribution is 2.24. The van der Waals surface area contributed by atoms with Crippen LogP contribution in [-0.2, 0) is 15.4 Å². The topological polar surface area (TPSA) is 37.4 Å². The van der Waals surface area contributed by atoms with E-state index in [-0.39, 0.29) is 5.41 Å². The molecular formula is C15H25NO2S. The van der Waals surface area contributed by atoms with Crippen LogP contribution in [-0.4, -0.2) is 26.3 Å². The van der Waals surface area contributed by atoms with E-state index in [2.05, 4.69) is 27.7 Å². The Balaban J connectivity index is 2.97. The molecule has 0 aliphatic heterocycles. The fraction of sp³-hybridized carbons (Fsp3) is 0.600. The summed E-state index contributed by atoms with van der Waals surface area (Å²) in [6, 6.07) is 7.22. The largest absolute Gasteiger partial charge is 0.242 e. The van der Waals surface area contributed by atoms with Crippen molar-refractivity contribution in [1.29, 1.82) is 0 Å². The number of hydrogen-bond donors (Lipinski definition) is 0. The molecule has 0 heterocycles. The second-order valence-electron chi connectivity index (χ2n) is 5.95. The molecule has 0 saturated carbocycles. The normalized spacial score (nSPS) is 12.9. The highest BCUT2D eigenvalue weighted by Gasteiger charge is 2.21. The Bertz CT molecular complexity index is 498. The van der Waals surface area contributed by atoms with Crippen molar-refractivity contribution >= 4 is 10.0 Å². The van der Waals surface area contributed by atoms with Crippen LogP contribution in [0.3, 0.4) is 0 Å². The number of nitrogens with zero attached hydrogens (tertiary/aromatic N) is 1. The fourth-order valence-electron chi connectivity index (χ4n) is 1.81. The van der Waals surface area contributed by atoms with Gasteiger partial charge in [0, 0.05) is 13.6 Å². The van der Waals surface area contributed by atoms with E-state index >= 15 is 0 Å². The predicted octanol–water partition coefficient (Wildman–Crippen LogP) is 3.40. The molecule has 0 amide bonds. The van der Waals surface area contributed by atoms with Crippen molar-refractivity contribution in [2.75, 3.05) is 13.6 Å². The van der Waals surface area contributed by atoms with Crippen LogP contribution in [0.5, 0.6) is 0 Å². The van der Waals surface area contributed by atoms with Gasteiger partial charge in [0.05, 0.1) is 4.90 Å². The maximum Gasteiger partial charge on any atom is 0.242 e. The van der Waals surface area contributed by atoms with E-state index in [0.717, 1.165) is 18.4 Å². The van der Waals surface area contributed by atoms with E-state index in [1.807, 2.05) is 12.1 Å². The van der Waals surface area contributed by atoms with Crippen LogP contribution in [0, 0.1) is 0 Å². The third kappa shape index (κ3) is 4.05. The molecule has 0 atom stereocenters. The van der Waals surface area contributed by atoms with Gasteiger partial charge in [-0.3, -0.25) is 0 Å². The van der Waals surface area contributed by atoms with E-state index in [0.29, 0.717) is 11.4 Å². The molecule has 0 aliphatic carbocycles. The zero-order chi connectivity index (χ0) is 14.7. The minimum Gasteiger partial charge on any atom is -0.207 e. The summed E-state index contributed by atoms with van der Waals surface area (Å²) in [4.78, 5) is 0.374. The van der Waals surface area contributed by atoms with E-state index in [4.69, 9.17) is 0 Å². The third-order valence-electron chi connectivity index (χ3n) is 3.26. The summed E-state index contributed by atoms with van der Waals surface area (Å²) in [6.45, 7) is 8.97. The standard InChI is InChI=1S/C15H25NO2S/c1-6-7-12-16(5)19(17,18)14-10-8-13(9-11-14)15(2,3)4/h8-11H,6-7,12H2,1-5H3.